The van der Waals surface area contributed by atoms with Crippen molar-refractivity contribution in [1.29, 1.82) is 0 Å². The van der Waals surface area contributed by atoms with Crippen LogP contribution in [0.3, 0.4) is 0 Å². The SMILES string of the molecule is Cc1nc2c(c(N3CCCC3)n1)CN(C(=O)NC13CC4CC(CC(C4)C1)C3)CC2. The molecule has 6 heteroatoms. The molecule has 1 aromatic heterocycles. The number of aromatic nitrogens is 2. The summed E-state index contributed by atoms with van der Waals surface area (Å²) in [6, 6.07) is 0.144. The molecule has 0 unspecified atom stereocenters. The quantitative estimate of drug-likeness (QED) is 0.833. The zero-order chi connectivity index (χ0) is 19.6. The van der Waals surface area contributed by atoms with Crippen molar-refractivity contribution in [1.82, 2.24) is 20.2 Å². The Balaban J connectivity index is 1.22. The van der Waals surface area contributed by atoms with E-state index >= 15 is 0 Å². The molecule has 0 atom stereocenters. The highest BCUT2D eigenvalue weighted by Gasteiger charge is 2.52. The number of nitrogens with zero attached hydrogens (tertiary/aromatic N) is 4. The van der Waals surface area contributed by atoms with Gasteiger partial charge in [0.25, 0.3) is 0 Å². The second kappa shape index (κ2) is 6.58. The predicted octanol–water partition coefficient (Wildman–Crippen LogP) is 3.42. The van der Waals surface area contributed by atoms with E-state index < -0.39 is 0 Å². The molecule has 156 valence electrons. The lowest BCUT2D eigenvalue weighted by Crippen LogP contribution is -2.62. The lowest BCUT2D eigenvalue weighted by molar-refractivity contribution is -0.0159. The molecule has 4 aliphatic carbocycles. The third kappa shape index (κ3) is 3.10. The number of fused-ring (bicyclic) bond motifs is 1. The van der Waals surface area contributed by atoms with Gasteiger partial charge in [-0.15, -0.1) is 0 Å². The van der Waals surface area contributed by atoms with Crippen LogP contribution in [0.1, 0.15) is 68.4 Å². The maximum absolute atomic E-state index is 13.4. The van der Waals surface area contributed by atoms with E-state index in [1.54, 1.807) is 0 Å². The number of carbonyl (C=O) groups is 1. The molecule has 5 fully saturated rings. The van der Waals surface area contributed by atoms with Crippen LogP contribution in [0.2, 0.25) is 0 Å². The smallest absolute Gasteiger partial charge is 0.318 e. The summed E-state index contributed by atoms with van der Waals surface area (Å²) in [5.74, 6) is 4.49. The molecule has 3 heterocycles. The number of carbonyl (C=O) groups excluding carboxylic acids is 1. The van der Waals surface area contributed by atoms with Crippen LogP contribution < -0.4 is 10.2 Å². The van der Waals surface area contributed by atoms with Gasteiger partial charge >= 0.3 is 6.03 Å². The normalized spacial score (nSPS) is 35.1. The Morgan fingerprint density at radius 2 is 1.66 bits per heavy atom. The Morgan fingerprint density at radius 1 is 1.00 bits per heavy atom. The van der Waals surface area contributed by atoms with Crippen molar-refractivity contribution in [2.75, 3.05) is 24.5 Å². The standard InChI is InChI=1S/C23H33N5O/c1-15-24-20-4-7-28(14-19(20)21(25-15)27-5-2-3-6-27)22(29)26-23-11-16-8-17(12-23)10-18(9-16)13-23/h16-18H,2-14H2,1H3,(H,26,29). The van der Waals surface area contributed by atoms with Gasteiger partial charge in [0.2, 0.25) is 0 Å². The number of nitrogens with one attached hydrogen (secondary N) is 1. The van der Waals surface area contributed by atoms with E-state index in [1.165, 1.54) is 56.9 Å². The summed E-state index contributed by atoms with van der Waals surface area (Å²) < 4.78 is 0. The van der Waals surface area contributed by atoms with Crippen molar-refractivity contribution >= 4 is 11.8 Å². The van der Waals surface area contributed by atoms with Crippen molar-refractivity contribution in [3.63, 3.8) is 0 Å². The second-order valence-electron chi connectivity index (χ2n) is 10.5. The summed E-state index contributed by atoms with van der Waals surface area (Å²) in [6.07, 6.45) is 11.1. The number of hydrogen-bond donors (Lipinski definition) is 1. The van der Waals surface area contributed by atoms with E-state index in [1.807, 2.05) is 11.8 Å². The highest BCUT2D eigenvalue weighted by molar-refractivity contribution is 5.76. The number of amides is 2. The van der Waals surface area contributed by atoms with Crippen LogP contribution >= 0.6 is 0 Å². The third-order valence-electron chi connectivity index (χ3n) is 8.25. The molecule has 2 amide bonds. The minimum absolute atomic E-state index is 0.0771. The summed E-state index contributed by atoms with van der Waals surface area (Å²) in [4.78, 5) is 27.3. The van der Waals surface area contributed by atoms with Crippen LogP contribution in [0.15, 0.2) is 0 Å². The highest BCUT2D eigenvalue weighted by Crippen LogP contribution is 2.55. The van der Waals surface area contributed by atoms with E-state index in [0.717, 1.165) is 61.1 Å². The van der Waals surface area contributed by atoms with Gasteiger partial charge in [-0.3, -0.25) is 0 Å². The average Bonchev–Trinajstić information content (AvgIpc) is 3.20. The number of urea groups is 1. The highest BCUT2D eigenvalue weighted by atomic mass is 16.2. The summed E-state index contributed by atoms with van der Waals surface area (Å²) in [5, 5.41) is 3.56. The van der Waals surface area contributed by atoms with Crippen LogP contribution in [0.4, 0.5) is 10.6 Å². The topological polar surface area (TPSA) is 61.4 Å². The average molecular weight is 396 g/mol. The molecule has 1 saturated heterocycles. The number of aryl methyl sites for hydroxylation is 1. The Bertz CT molecular complexity index is 796. The summed E-state index contributed by atoms with van der Waals surface area (Å²) in [7, 11) is 0. The molecule has 0 spiro atoms. The molecular weight excluding hydrogens is 362 g/mol. The minimum Gasteiger partial charge on any atom is -0.356 e. The Kier molecular flexibility index (Phi) is 4.07. The monoisotopic (exact) mass is 395 g/mol. The first-order chi connectivity index (χ1) is 14.1. The van der Waals surface area contributed by atoms with Crippen molar-refractivity contribution in [2.45, 2.75) is 76.8 Å². The maximum atomic E-state index is 13.4. The van der Waals surface area contributed by atoms with Crippen LogP contribution in [0.5, 0.6) is 0 Å². The zero-order valence-corrected chi connectivity index (χ0v) is 17.6. The fourth-order valence-electron chi connectivity index (χ4n) is 7.45. The molecule has 6 nitrogen and oxygen atoms in total. The second-order valence-corrected chi connectivity index (χ2v) is 10.5. The Morgan fingerprint density at radius 3 is 2.31 bits per heavy atom. The lowest BCUT2D eigenvalue weighted by Gasteiger charge is -2.57. The van der Waals surface area contributed by atoms with E-state index in [0.29, 0.717) is 6.54 Å². The van der Waals surface area contributed by atoms with E-state index in [2.05, 4.69) is 10.2 Å². The number of hydrogen-bond acceptors (Lipinski definition) is 4. The van der Waals surface area contributed by atoms with Crippen molar-refractivity contribution < 1.29 is 4.79 Å². The minimum atomic E-state index is 0.0771. The largest absolute Gasteiger partial charge is 0.356 e. The molecule has 2 aliphatic heterocycles. The molecule has 0 radical (unpaired) electrons. The molecule has 6 aliphatic rings. The first-order valence-electron chi connectivity index (χ1n) is 11.8. The van der Waals surface area contributed by atoms with Crippen LogP contribution in [0, 0.1) is 24.7 Å². The molecule has 1 N–H and O–H groups in total. The van der Waals surface area contributed by atoms with Crippen LogP contribution in [-0.4, -0.2) is 46.1 Å². The third-order valence-corrected chi connectivity index (χ3v) is 8.25. The molecule has 4 bridgehead atoms. The van der Waals surface area contributed by atoms with Crippen LogP contribution in [0.25, 0.3) is 0 Å². The Labute approximate surface area is 173 Å². The fraction of sp³-hybridized carbons (Fsp3) is 0.783. The summed E-state index contributed by atoms with van der Waals surface area (Å²) in [5.41, 5.74) is 2.41. The maximum Gasteiger partial charge on any atom is 0.318 e. The Hall–Kier alpha value is -1.85. The first-order valence-corrected chi connectivity index (χ1v) is 11.8. The van der Waals surface area contributed by atoms with Gasteiger partial charge in [0.15, 0.2) is 0 Å². The van der Waals surface area contributed by atoms with E-state index in [9.17, 15) is 4.79 Å². The van der Waals surface area contributed by atoms with Crippen molar-refractivity contribution in [3.8, 4) is 0 Å². The first kappa shape index (κ1) is 18.0. The predicted molar refractivity (Wildman–Crippen MR) is 112 cm³/mol. The number of rotatable bonds is 2. The van der Waals surface area contributed by atoms with Gasteiger partial charge in [-0.05, 0) is 76.0 Å². The molecule has 7 rings (SSSR count). The van der Waals surface area contributed by atoms with Gasteiger partial charge < -0.3 is 15.1 Å². The lowest BCUT2D eigenvalue weighted by atomic mass is 9.53. The summed E-state index contributed by atoms with van der Waals surface area (Å²) in [6.45, 7) is 5.55. The van der Waals surface area contributed by atoms with Crippen molar-refractivity contribution in [2.24, 2.45) is 17.8 Å². The molecule has 1 aromatic rings. The number of anilines is 1. The van der Waals surface area contributed by atoms with Gasteiger partial charge in [-0.2, -0.15) is 0 Å². The van der Waals surface area contributed by atoms with E-state index in [4.69, 9.17) is 9.97 Å². The van der Waals surface area contributed by atoms with Crippen molar-refractivity contribution in [3.05, 3.63) is 17.1 Å². The van der Waals surface area contributed by atoms with Gasteiger partial charge in [-0.1, -0.05) is 0 Å². The zero-order valence-electron chi connectivity index (χ0n) is 17.6. The van der Waals surface area contributed by atoms with Gasteiger partial charge in [0.05, 0.1) is 12.2 Å². The molecule has 29 heavy (non-hydrogen) atoms. The fourth-order valence-corrected chi connectivity index (χ4v) is 7.45. The summed E-state index contributed by atoms with van der Waals surface area (Å²) >= 11 is 0. The molecular formula is C23H33N5O. The van der Waals surface area contributed by atoms with Gasteiger partial charge in [0, 0.05) is 37.2 Å². The molecule has 4 saturated carbocycles. The van der Waals surface area contributed by atoms with Gasteiger partial charge in [-0.25, -0.2) is 14.8 Å². The molecule has 0 aromatic carbocycles. The van der Waals surface area contributed by atoms with E-state index in [-0.39, 0.29) is 11.6 Å². The van der Waals surface area contributed by atoms with Crippen LogP contribution in [-0.2, 0) is 13.0 Å². The van der Waals surface area contributed by atoms with Gasteiger partial charge in [0.1, 0.15) is 11.6 Å².